The van der Waals surface area contributed by atoms with Crippen LogP contribution in [0.25, 0.3) is 0 Å². The molecule has 0 aliphatic heterocycles. The Bertz CT molecular complexity index is 545. The Labute approximate surface area is 120 Å². The van der Waals surface area contributed by atoms with Gasteiger partial charge in [0.1, 0.15) is 5.75 Å². The lowest BCUT2D eigenvalue weighted by atomic mass is 10.0. The molecule has 1 aromatic heterocycles. The number of benzene rings is 1. The Kier molecular flexibility index (Phi) is 4.79. The summed E-state index contributed by atoms with van der Waals surface area (Å²) in [5.41, 5.74) is 9.69. The van der Waals surface area contributed by atoms with Crippen LogP contribution in [-0.2, 0) is 19.9 Å². The number of hydrogen-bond acceptors (Lipinski definition) is 3. The van der Waals surface area contributed by atoms with Gasteiger partial charge < -0.3 is 10.5 Å². The van der Waals surface area contributed by atoms with E-state index in [-0.39, 0.29) is 6.04 Å². The highest BCUT2D eigenvalue weighted by atomic mass is 16.5. The summed E-state index contributed by atoms with van der Waals surface area (Å²) in [6, 6.07) is 10.1. The standard InChI is InChI=1S/C16H23N3O/c1-4-13-10-14(19(3)18-13)11-16(17)12-6-8-15(9-7-12)20-5-2/h6-10,16H,4-5,11,17H2,1-3H3. The highest BCUT2D eigenvalue weighted by molar-refractivity contribution is 5.30. The first-order valence-corrected chi connectivity index (χ1v) is 7.14. The lowest BCUT2D eigenvalue weighted by Crippen LogP contribution is -2.15. The van der Waals surface area contributed by atoms with Crippen LogP contribution in [-0.4, -0.2) is 16.4 Å². The zero-order chi connectivity index (χ0) is 14.5. The van der Waals surface area contributed by atoms with Gasteiger partial charge in [-0.3, -0.25) is 4.68 Å². The molecular weight excluding hydrogens is 250 g/mol. The van der Waals surface area contributed by atoms with Gasteiger partial charge in [-0.2, -0.15) is 5.10 Å². The zero-order valence-electron chi connectivity index (χ0n) is 12.5. The summed E-state index contributed by atoms with van der Waals surface area (Å²) in [4.78, 5) is 0. The fraction of sp³-hybridized carbons (Fsp3) is 0.438. The van der Waals surface area contributed by atoms with Crippen LogP contribution in [0, 0.1) is 0 Å². The van der Waals surface area contributed by atoms with Crippen LogP contribution >= 0.6 is 0 Å². The molecule has 4 nitrogen and oxygen atoms in total. The fourth-order valence-corrected chi connectivity index (χ4v) is 2.26. The van der Waals surface area contributed by atoms with E-state index in [1.165, 1.54) is 5.69 Å². The van der Waals surface area contributed by atoms with Crippen LogP contribution in [0.5, 0.6) is 5.75 Å². The molecule has 1 unspecified atom stereocenters. The van der Waals surface area contributed by atoms with Crippen LogP contribution in [0.15, 0.2) is 30.3 Å². The minimum Gasteiger partial charge on any atom is -0.494 e. The Morgan fingerprint density at radius 1 is 1.25 bits per heavy atom. The number of aromatic nitrogens is 2. The third-order valence-electron chi connectivity index (χ3n) is 3.44. The molecule has 108 valence electrons. The van der Waals surface area contributed by atoms with E-state index in [4.69, 9.17) is 10.5 Å². The van der Waals surface area contributed by atoms with Crippen LogP contribution in [0.2, 0.25) is 0 Å². The van der Waals surface area contributed by atoms with Crippen LogP contribution < -0.4 is 10.5 Å². The Morgan fingerprint density at radius 2 is 1.95 bits per heavy atom. The third kappa shape index (κ3) is 3.39. The van der Waals surface area contributed by atoms with Crippen molar-refractivity contribution < 1.29 is 4.74 Å². The number of aryl methyl sites for hydroxylation is 2. The van der Waals surface area contributed by atoms with Gasteiger partial charge in [0.2, 0.25) is 0 Å². The molecule has 2 aromatic rings. The van der Waals surface area contributed by atoms with Gasteiger partial charge in [-0.1, -0.05) is 19.1 Å². The minimum atomic E-state index is -0.0224. The lowest BCUT2D eigenvalue weighted by molar-refractivity contribution is 0.340. The average Bonchev–Trinajstić information content (AvgIpc) is 2.80. The van der Waals surface area contributed by atoms with Crippen molar-refractivity contribution in [1.29, 1.82) is 0 Å². The van der Waals surface area contributed by atoms with Gasteiger partial charge in [-0.05, 0) is 37.1 Å². The first-order chi connectivity index (χ1) is 9.63. The van der Waals surface area contributed by atoms with E-state index < -0.39 is 0 Å². The maximum Gasteiger partial charge on any atom is 0.119 e. The number of rotatable bonds is 6. The van der Waals surface area contributed by atoms with E-state index in [0.717, 1.165) is 29.8 Å². The molecule has 0 saturated heterocycles. The molecule has 1 aromatic carbocycles. The first-order valence-electron chi connectivity index (χ1n) is 7.14. The molecular formula is C16H23N3O. The van der Waals surface area contributed by atoms with Crippen molar-refractivity contribution in [2.45, 2.75) is 32.7 Å². The number of nitrogens with two attached hydrogens (primary N) is 1. The number of ether oxygens (including phenoxy) is 1. The Balaban J connectivity index is 2.06. The molecule has 0 amide bonds. The van der Waals surface area contributed by atoms with Crippen molar-refractivity contribution in [2.24, 2.45) is 12.8 Å². The van der Waals surface area contributed by atoms with Crippen molar-refractivity contribution in [3.8, 4) is 5.75 Å². The Hall–Kier alpha value is -1.81. The summed E-state index contributed by atoms with van der Waals surface area (Å²) >= 11 is 0. The lowest BCUT2D eigenvalue weighted by Gasteiger charge is -2.13. The zero-order valence-corrected chi connectivity index (χ0v) is 12.5. The summed E-state index contributed by atoms with van der Waals surface area (Å²) in [5.74, 6) is 0.886. The second-order valence-corrected chi connectivity index (χ2v) is 4.92. The van der Waals surface area contributed by atoms with Crippen LogP contribution in [0.3, 0.4) is 0 Å². The fourth-order valence-electron chi connectivity index (χ4n) is 2.26. The Morgan fingerprint density at radius 3 is 2.50 bits per heavy atom. The van der Waals surface area contributed by atoms with Gasteiger partial charge in [-0.15, -0.1) is 0 Å². The van der Waals surface area contributed by atoms with Gasteiger partial charge in [0.05, 0.1) is 12.3 Å². The van der Waals surface area contributed by atoms with Crippen molar-refractivity contribution in [2.75, 3.05) is 6.61 Å². The average molecular weight is 273 g/mol. The van der Waals surface area contributed by atoms with Crippen molar-refractivity contribution in [3.05, 3.63) is 47.3 Å². The topological polar surface area (TPSA) is 53.1 Å². The summed E-state index contributed by atoms with van der Waals surface area (Å²) < 4.78 is 7.36. The molecule has 2 N–H and O–H groups in total. The van der Waals surface area contributed by atoms with E-state index >= 15 is 0 Å². The van der Waals surface area contributed by atoms with Crippen LogP contribution in [0.4, 0.5) is 0 Å². The maximum atomic E-state index is 6.29. The van der Waals surface area contributed by atoms with Gasteiger partial charge in [0.15, 0.2) is 0 Å². The minimum absolute atomic E-state index is 0.0224. The van der Waals surface area contributed by atoms with Crippen molar-refractivity contribution in [3.63, 3.8) is 0 Å². The van der Waals surface area contributed by atoms with E-state index in [9.17, 15) is 0 Å². The summed E-state index contributed by atoms with van der Waals surface area (Å²) in [6.07, 6.45) is 1.74. The second kappa shape index (κ2) is 6.57. The van der Waals surface area contributed by atoms with E-state index in [1.807, 2.05) is 42.9 Å². The summed E-state index contributed by atoms with van der Waals surface area (Å²) in [6.45, 7) is 4.77. The van der Waals surface area contributed by atoms with E-state index in [0.29, 0.717) is 6.61 Å². The summed E-state index contributed by atoms with van der Waals surface area (Å²) in [7, 11) is 1.97. The normalized spacial score (nSPS) is 12.4. The van der Waals surface area contributed by atoms with Gasteiger partial charge in [-0.25, -0.2) is 0 Å². The van der Waals surface area contributed by atoms with Crippen molar-refractivity contribution >= 4 is 0 Å². The van der Waals surface area contributed by atoms with E-state index in [1.54, 1.807) is 0 Å². The number of nitrogens with zero attached hydrogens (tertiary/aromatic N) is 2. The monoisotopic (exact) mass is 273 g/mol. The predicted molar refractivity (Wildman–Crippen MR) is 80.8 cm³/mol. The second-order valence-electron chi connectivity index (χ2n) is 4.92. The van der Waals surface area contributed by atoms with Gasteiger partial charge >= 0.3 is 0 Å². The largest absolute Gasteiger partial charge is 0.494 e. The van der Waals surface area contributed by atoms with Gasteiger partial charge in [0.25, 0.3) is 0 Å². The van der Waals surface area contributed by atoms with Crippen molar-refractivity contribution in [1.82, 2.24) is 9.78 Å². The smallest absolute Gasteiger partial charge is 0.119 e. The molecule has 0 saturated carbocycles. The molecule has 0 radical (unpaired) electrons. The molecule has 1 atom stereocenters. The molecule has 2 rings (SSSR count). The molecule has 4 heteroatoms. The predicted octanol–water partition coefficient (Wildman–Crippen LogP) is 2.62. The molecule has 0 aliphatic carbocycles. The molecule has 0 bridgehead atoms. The van der Waals surface area contributed by atoms with Gasteiger partial charge in [0, 0.05) is 25.2 Å². The summed E-state index contributed by atoms with van der Waals surface area (Å²) in [5, 5.41) is 4.46. The molecule has 0 fully saturated rings. The quantitative estimate of drug-likeness (QED) is 0.880. The molecule has 1 heterocycles. The third-order valence-corrected chi connectivity index (χ3v) is 3.44. The van der Waals surface area contributed by atoms with Crippen LogP contribution in [0.1, 0.15) is 36.8 Å². The maximum absolute atomic E-state index is 6.29. The highest BCUT2D eigenvalue weighted by Crippen LogP contribution is 2.20. The molecule has 0 spiro atoms. The van der Waals surface area contributed by atoms with E-state index in [2.05, 4.69) is 18.1 Å². The number of hydrogen-bond donors (Lipinski definition) is 1. The first kappa shape index (κ1) is 14.6. The highest BCUT2D eigenvalue weighted by Gasteiger charge is 2.11. The SMILES string of the molecule is CCOc1ccc(C(N)Cc2cc(CC)nn2C)cc1. The molecule has 0 aliphatic rings. The molecule has 20 heavy (non-hydrogen) atoms.